The van der Waals surface area contributed by atoms with E-state index in [9.17, 15) is 0 Å². The molecule has 2 N–H and O–H groups in total. The summed E-state index contributed by atoms with van der Waals surface area (Å²) in [6.07, 6.45) is 2.25. The Morgan fingerprint density at radius 2 is 1.95 bits per heavy atom. The smallest absolute Gasteiger partial charge is 0.191 e. The van der Waals surface area contributed by atoms with Gasteiger partial charge in [0.2, 0.25) is 0 Å². The molecular formula is C16H35IN4O. The Bertz CT molecular complexity index is 315. The second kappa shape index (κ2) is 11.5. The summed E-state index contributed by atoms with van der Waals surface area (Å²) in [5, 5.41) is 6.77. The van der Waals surface area contributed by atoms with Crippen molar-refractivity contribution in [3.63, 3.8) is 0 Å². The summed E-state index contributed by atoms with van der Waals surface area (Å²) in [6.45, 7) is 16.5. The maximum atomic E-state index is 5.80. The van der Waals surface area contributed by atoms with Gasteiger partial charge in [0.15, 0.2) is 5.96 Å². The van der Waals surface area contributed by atoms with Crippen LogP contribution in [0.5, 0.6) is 0 Å². The van der Waals surface area contributed by atoms with Gasteiger partial charge in [-0.3, -0.25) is 9.89 Å². The molecule has 1 rings (SSSR count). The average Bonchev–Trinajstić information content (AvgIpc) is 2.90. The minimum Gasteiger partial charge on any atom is -0.373 e. The number of aliphatic imine (C=N–C) groups is 1. The van der Waals surface area contributed by atoms with Crippen LogP contribution in [0.4, 0.5) is 0 Å². The van der Waals surface area contributed by atoms with Crippen LogP contribution >= 0.6 is 24.0 Å². The topological polar surface area (TPSA) is 48.9 Å². The van der Waals surface area contributed by atoms with Gasteiger partial charge >= 0.3 is 0 Å². The van der Waals surface area contributed by atoms with E-state index in [0.717, 1.165) is 58.1 Å². The minimum absolute atomic E-state index is 0. The number of nitrogens with one attached hydrogen (secondary N) is 2. The Labute approximate surface area is 153 Å². The largest absolute Gasteiger partial charge is 0.373 e. The molecule has 1 fully saturated rings. The molecule has 1 aliphatic heterocycles. The van der Waals surface area contributed by atoms with E-state index in [4.69, 9.17) is 9.73 Å². The lowest BCUT2D eigenvalue weighted by molar-refractivity contribution is 0.0283. The first-order valence-corrected chi connectivity index (χ1v) is 8.44. The number of rotatable bonds is 8. The minimum atomic E-state index is -0.0765. The molecule has 1 heterocycles. The van der Waals surface area contributed by atoms with Crippen LogP contribution in [0.2, 0.25) is 0 Å². The van der Waals surface area contributed by atoms with Gasteiger partial charge in [0.25, 0.3) is 0 Å². The molecule has 0 aromatic heterocycles. The number of nitrogens with zero attached hydrogens (tertiary/aromatic N) is 2. The fourth-order valence-electron chi connectivity index (χ4n) is 2.77. The fraction of sp³-hybridized carbons (Fsp3) is 0.938. The normalized spacial score (nSPS) is 23.3. The third kappa shape index (κ3) is 7.46. The lowest BCUT2D eigenvalue weighted by atomic mass is 10.0. The fourth-order valence-corrected chi connectivity index (χ4v) is 2.77. The first-order valence-electron chi connectivity index (χ1n) is 8.44. The molecule has 0 aromatic carbocycles. The van der Waals surface area contributed by atoms with Crippen LogP contribution in [0.25, 0.3) is 0 Å². The van der Waals surface area contributed by atoms with Gasteiger partial charge in [-0.05, 0) is 46.7 Å². The van der Waals surface area contributed by atoms with Gasteiger partial charge in [-0.2, -0.15) is 0 Å². The second-order valence-corrected chi connectivity index (χ2v) is 6.05. The number of ether oxygens (including phenoxy) is 1. The molecule has 1 saturated heterocycles. The summed E-state index contributed by atoms with van der Waals surface area (Å²) in [7, 11) is 0. The predicted octanol–water partition coefficient (Wildman–Crippen LogP) is 2.46. The summed E-state index contributed by atoms with van der Waals surface area (Å²) >= 11 is 0. The predicted molar refractivity (Wildman–Crippen MR) is 105 cm³/mol. The zero-order valence-corrected chi connectivity index (χ0v) is 17.3. The lowest BCUT2D eigenvalue weighted by Gasteiger charge is -2.27. The molecule has 0 bridgehead atoms. The number of guanidine groups is 1. The van der Waals surface area contributed by atoms with Gasteiger partial charge in [-0.25, -0.2) is 0 Å². The van der Waals surface area contributed by atoms with E-state index in [2.05, 4.69) is 50.2 Å². The van der Waals surface area contributed by atoms with Crippen molar-refractivity contribution in [2.75, 3.05) is 39.3 Å². The van der Waals surface area contributed by atoms with E-state index in [1.54, 1.807) is 0 Å². The summed E-state index contributed by atoms with van der Waals surface area (Å²) < 4.78 is 5.80. The van der Waals surface area contributed by atoms with Gasteiger partial charge in [0.1, 0.15) is 0 Å². The van der Waals surface area contributed by atoms with Crippen molar-refractivity contribution in [1.29, 1.82) is 0 Å². The van der Waals surface area contributed by atoms with Gasteiger partial charge in [-0.1, -0.05) is 13.8 Å². The first kappa shape index (κ1) is 21.9. The van der Waals surface area contributed by atoms with Crippen molar-refractivity contribution in [1.82, 2.24) is 15.5 Å². The van der Waals surface area contributed by atoms with E-state index in [0.29, 0.717) is 6.04 Å². The second-order valence-electron chi connectivity index (χ2n) is 6.05. The Morgan fingerprint density at radius 3 is 2.45 bits per heavy atom. The zero-order chi connectivity index (χ0) is 15.7. The van der Waals surface area contributed by atoms with E-state index in [1.807, 2.05) is 0 Å². The van der Waals surface area contributed by atoms with Gasteiger partial charge < -0.3 is 15.4 Å². The molecule has 2 atom stereocenters. The highest BCUT2D eigenvalue weighted by Gasteiger charge is 2.29. The standard InChI is InChI=1S/C16H34N4O.HI/c1-6-17-15(18-12-14(4)20(7-2)8-3)19-13-16(5)10-9-11-21-16;/h14H,6-13H2,1-5H3,(H2,17,18,19);1H. The number of hydrogen-bond acceptors (Lipinski definition) is 3. The highest BCUT2D eigenvalue weighted by molar-refractivity contribution is 14.0. The van der Waals surface area contributed by atoms with Crippen molar-refractivity contribution < 1.29 is 4.74 Å². The highest BCUT2D eigenvalue weighted by Crippen LogP contribution is 2.24. The van der Waals surface area contributed by atoms with Crippen LogP contribution in [0.1, 0.15) is 47.5 Å². The van der Waals surface area contributed by atoms with Crippen molar-refractivity contribution in [2.24, 2.45) is 4.99 Å². The Kier molecular flexibility index (Phi) is 11.4. The van der Waals surface area contributed by atoms with E-state index in [1.165, 1.54) is 0 Å². The maximum Gasteiger partial charge on any atom is 0.191 e. The van der Waals surface area contributed by atoms with E-state index in [-0.39, 0.29) is 29.6 Å². The molecule has 0 aromatic rings. The van der Waals surface area contributed by atoms with Crippen molar-refractivity contribution in [2.45, 2.75) is 59.1 Å². The van der Waals surface area contributed by atoms with E-state index >= 15 is 0 Å². The van der Waals surface area contributed by atoms with Gasteiger partial charge in [-0.15, -0.1) is 24.0 Å². The van der Waals surface area contributed by atoms with Gasteiger partial charge in [0, 0.05) is 25.7 Å². The quantitative estimate of drug-likeness (QED) is 0.356. The highest BCUT2D eigenvalue weighted by atomic mass is 127. The van der Waals surface area contributed by atoms with Crippen LogP contribution in [-0.2, 0) is 4.74 Å². The monoisotopic (exact) mass is 426 g/mol. The summed E-state index contributed by atoms with van der Waals surface area (Å²) in [5.41, 5.74) is -0.0765. The van der Waals surface area contributed by atoms with Crippen LogP contribution in [0.3, 0.4) is 0 Å². The number of hydrogen-bond donors (Lipinski definition) is 2. The molecule has 1 aliphatic rings. The van der Waals surface area contributed by atoms with Crippen LogP contribution in [-0.4, -0.2) is 61.8 Å². The van der Waals surface area contributed by atoms with Crippen molar-refractivity contribution >= 4 is 29.9 Å². The SMILES string of the molecule is CCNC(=NCC1(C)CCCO1)NCC(C)N(CC)CC.I. The molecule has 5 nitrogen and oxygen atoms in total. The Morgan fingerprint density at radius 1 is 1.27 bits per heavy atom. The first-order chi connectivity index (χ1) is 10.0. The van der Waals surface area contributed by atoms with Crippen LogP contribution in [0.15, 0.2) is 4.99 Å². The molecule has 6 heteroatoms. The molecule has 0 spiro atoms. The third-order valence-electron chi connectivity index (χ3n) is 4.22. The maximum absolute atomic E-state index is 5.80. The third-order valence-corrected chi connectivity index (χ3v) is 4.22. The lowest BCUT2D eigenvalue weighted by Crippen LogP contribution is -2.46. The summed E-state index contributed by atoms with van der Waals surface area (Å²) in [6, 6.07) is 0.502. The van der Waals surface area contributed by atoms with Crippen molar-refractivity contribution in [3.05, 3.63) is 0 Å². The number of halogens is 1. The Balaban J connectivity index is 0.00000441. The molecule has 22 heavy (non-hydrogen) atoms. The summed E-state index contributed by atoms with van der Waals surface area (Å²) in [4.78, 5) is 7.14. The number of likely N-dealkylation sites (N-methyl/N-ethyl adjacent to an activating group) is 1. The van der Waals surface area contributed by atoms with Crippen LogP contribution in [0, 0.1) is 0 Å². The molecule has 0 amide bonds. The summed E-state index contributed by atoms with van der Waals surface area (Å²) in [5.74, 6) is 0.897. The molecule has 132 valence electrons. The molecular weight excluding hydrogens is 391 g/mol. The Hall–Kier alpha value is -0.0800. The molecule has 0 saturated carbocycles. The molecule has 0 radical (unpaired) electrons. The zero-order valence-electron chi connectivity index (χ0n) is 14.9. The van der Waals surface area contributed by atoms with E-state index < -0.39 is 0 Å². The molecule has 2 unspecified atom stereocenters. The molecule has 0 aliphatic carbocycles. The van der Waals surface area contributed by atoms with Gasteiger partial charge in [0.05, 0.1) is 12.1 Å². The average molecular weight is 426 g/mol. The van der Waals surface area contributed by atoms with Crippen LogP contribution < -0.4 is 10.6 Å². The van der Waals surface area contributed by atoms with Crippen molar-refractivity contribution in [3.8, 4) is 0 Å².